The van der Waals surface area contributed by atoms with Crippen molar-refractivity contribution in [1.82, 2.24) is 5.32 Å². The number of carbonyl (C=O) groups is 3. The minimum absolute atomic E-state index is 0.00254. The Morgan fingerprint density at radius 3 is 2.71 bits per heavy atom. The lowest BCUT2D eigenvalue weighted by Gasteiger charge is -2.29. The number of hydrogen-bond donors (Lipinski definition) is 5. The molecule has 0 fully saturated rings. The number of amides is 2. The van der Waals surface area contributed by atoms with Crippen LogP contribution in [0.25, 0.3) is 0 Å². The van der Waals surface area contributed by atoms with E-state index in [9.17, 15) is 19.4 Å². The van der Waals surface area contributed by atoms with Gasteiger partial charge in [0.15, 0.2) is 5.78 Å². The van der Waals surface area contributed by atoms with Gasteiger partial charge in [0.1, 0.15) is 5.75 Å². The van der Waals surface area contributed by atoms with Crippen LogP contribution in [0.4, 0.5) is 5.69 Å². The van der Waals surface area contributed by atoms with E-state index in [1.165, 1.54) is 13.0 Å². The third kappa shape index (κ3) is 4.93. The summed E-state index contributed by atoms with van der Waals surface area (Å²) in [7, 11) is -1.32. The van der Waals surface area contributed by atoms with E-state index in [1.54, 1.807) is 37.3 Å². The van der Waals surface area contributed by atoms with Gasteiger partial charge in [0.05, 0.1) is 17.5 Å². The highest BCUT2D eigenvalue weighted by Gasteiger charge is 2.37. The molecule has 0 saturated carbocycles. The van der Waals surface area contributed by atoms with Crippen LogP contribution in [0.15, 0.2) is 36.4 Å². The van der Waals surface area contributed by atoms with Gasteiger partial charge in [0.2, 0.25) is 5.91 Å². The minimum atomic E-state index is -1.32. The molecule has 0 saturated heterocycles. The summed E-state index contributed by atoms with van der Waals surface area (Å²) < 4.78 is 5.55. The highest BCUT2D eigenvalue weighted by Crippen LogP contribution is 2.30. The van der Waals surface area contributed by atoms with E-state index in [0.29, 0.717) is 23.4 Å². The van der Waals surface area contributed by atoms with Crippen LogP contribution in [0, 0.1) is 6.92 Å². The van der Waals surface area contributed by atoms with Gasteiger partial charge < -0.3 is 31.8 Å². The third-order valence-electron chi connectivity index (χ3n) is 5.16. The van der Waals surface area contributed by atoms with Crippen molar-refractivity contribution in [3.8, 4) is 5.75 Å². The first kappa shape index (κ1) is 22.5. The second-order valence-corrected chi connectivity index (χ2v) is 7.50. The number of nitrogens with one attached hydrogen (secondary N) is 2. The van der Waals surface area contributed by atoms with Crippen molar-refractivity contribution in [3.63, 3.8) is 0 Å². The van der Waals surface area contributed by atoms with Gasteiger partial charge in [-0.2, -0.15) is 0 Å². The lowest BCUT2D eigenvalue weighted by atomic mass is 9.72. The number of Topliss-reactive ketones (excluding diaryl/α,β-unsaturated/α-hetero) is 1. The zero-order valence-electron chi connectivity index (χ0n) is 17.3. The zero-order valence-corrected chi connectivity index (χ0v) is 17.3. The van der Waals surface area contributed by atoms with Crippen molar-refractivity contribution in [2.24, 2.45) is 11.5 Å². The predicted octanol–water partition coefficient (Wildman–Crippen LogP) is 0.175. The molecule has 0 spiro atoms. The fourth-order valence-electron chi connectivity index (χ4n) is 3.31. The maximum Gasteiger partial charge on any atom is 0.547 e. The van der Waals surface area contributed by atoms with Gasteiger partial charge in [0.25, 0.3) is 5.91 Å². The van der Waals surface area contributed by atoms with E-state index in [1.807, 2.05) is 0 Å². The number of rotatable bonds is 6. The zero-order chi connectivity index (χ0) is 22.7. The number of benzene rings is 2. The van der Waals surface area contributed by atoms with Crippen molar-refractivity contribution in [2.75, 3.05) is 11.9 Å². The van der Waals surface area contributed by atoms with Crippen molar-refractivity contribution < 1.29 is 24.1 Å². The van der Waals surface area contributed by atoms with Crippen LogP contribution in [0.5, 0.6) is 5.75 Å². The molecule has 7 N–H and O–H groups in total. The summed E-state index contributed by atoms with van der Waals surface area (Å²) in [6.07, 6.45) is 0.296. The van der Waals surface area contributed by atoms with Crippen LogP contribution < -0.4 is 26.8 Å². The quantitative estimate of drug-likeness (QED) is 0.327. The predicted molar refractivity (Wildman–Crippen MR) is 117 cm³/mol. The van der Waals surface area contributed by atoms with Crippen molar-refractivity contribution in [3.05, 3.63) is 58.7 Å². The van der Waals surface area contributed by atoms with E-state index in [-0.39, 0.29) is 17.9 Å². The molecule has 162 valence electrons. The monoisotopic (exact) mass is 424 g/mol. The maximum absolute atomic E-state index is 12.8. The van der Waals surface area contributed by atoms with Gasteiger partial charge in [-0.25, -0.2) is 0 Å². The Kier molecular flexibility index (Phi) is 6.74. The highest BCUT2D eigenvalue weighted by molar-refractivity contribution is 6.47. The van der Waals surface area contributed by atoms with E-state index in [4.69, 9.17) is 16.1 Å². The Hall–Kier alpha value is -3.21. The molecule has 2 atom stereocenters. The van der Waals surface area contributed by atoms with Gasteiger partial charge in [-0.1, -0.05) is 18.2 Å². The summed E-state index contributed by atoms with van der Waals surface area (Å²) in [6, 6.07) is 9.13. The molecular formula is C21H25BN4O5. The second kappa shape index (κ2) is 9.30. The van der Waals surface area contributed by atoms with E-state index >= 15 is 0 Å². The second-order valence-electron chi connectivity index (χ2n) is 7.50. The summed E-state index contributed by atoms with van der Waals surface area (Å²) in [5, 5.41) is 15.8. The molecule has 0 aromatic heterocycles. The fourth-order valence-corrected chi connectivity index (χ4v) is 3.31. The number of ketones is 1. The molecule has 0 aliphatic carbocycles. The molecule has 0 radical (unpaired) electrons. The Morgan fingerprint density at radius 2 is 2.03 bits per heavy atom. The summed E-state index contributed by atoms with van der Waals surface area (Å²) >= 11 is 0. The number of hydrogen-bond acceptors (Lipinski definition) is 7. The molecule has 10 heteroatoms. The molecule has 2 aromatic carbocycles. The third-order valence-corrected chi connectivity index (χ3v) is 5.16. The van der Waals surface area contributed by atoms with Gasteiger partial charge in [-0.05, 0) is 49.6 Å². The number of nitrogens with two attached hydrogens (primary N) is 2. The Labute approximate surface area is 180 Å². The van der Waals surface area contributed by atoms with Crippen LogP contribution in [-0.4, -0.2) is 48.3 Å². The SMILES string of the molecule is CC(=O)c1cccc2c1OB(O)[C@@H](NC(=O)c1ccc(C)c(NC(=O)[C@@H](N)CN)c1)C2. The first-order valence-corrected chi connectivity index (χ1v) is 9.86. The van der Waals surface area contributed by atoms with Crippen molar-refractivity contribution in [2.45, 2.75) is 32.3 Å². The van der Waals surface area contributed by atoms with Crippen LogP contribution in [-0.2, 0) is 11.2 Å². The maximum atomic E-state index is 12.8. The Bertz CT molecular complexity index is 1030. The summed E-state index contributed by atoms with van der Waals surface area (Å²) in [6.45, 7) is 3.21. The average Bonchev–Trinajstić information content (AvgIpc) is 2.74. The lowest BCUT2D eigenvalue weighted by Crippen LogP contribution is -2.53. The van der Waals surface area contributed by atoms with Crippen LogP contribution in [0.3, 0.4) is 0 Å². The molecule has 2 aromatic rings. The molecule has 1 heterocycles. The largest absolute Gasteiger partial charge is 0.547 e. The molecule has 1 aliphatic rings. The standard InChI is InChI=1S/C21H25BN4O5/c1-11-6-7-14(8-17(11)25-21(29)16(24)10-23)20(28)26-18-9-13-4-3-5-15(12(2)27)19(13)31-22(18)30/h3-8,16,18,30H,9-10,23-24H2,1-2H3,(H,25,29)(H,26,28)/t16-,18-/m0/s1. The van der Waals surface area contributed by atoms with Gasteiger partial charge in [-0.3, -0.25) is 14.4 Å². The van der Waals surface area contributed by atoms with Crippen LogP contribution in [0.2, 0.25) is 0 Å². The van der Waals surface area contributed by atoms with Crippen LogP contribution >= 0.6 is 0 Å². The molecule has 9 nitrogen and oxygen atoms in total. The van der Waals surface area contributed by atoms with Gasteiger partial charge in [0, 0.05) is 17.8 Å². The van der Waals surface area contributed by atoms with E-state index in [0.717, 1.165) is 11.1 Å². The summed E-state index contributed by atoms with van der Waals surface area (Å²) in [5.41, 5.74) is 13.6. The molecule has 2 amide bonds. The first-order chi connectivity index (χ1) is 14.7. The van der Waals surface area contributed by atoms with Gasteiger partial charge in [-0.15, -0.1) is 0 Å². The molecule has 31 heavy (non-hydrogen) atoms. The molecule has 3 rings (SSSR count). The number of carbonyl (C=O) groups excluding carboxylic acids is 3. The van der Waals surface area contributed by atoms with Crippen molar-refractivity contribution >= 4 is 30.4 Å². The summed E-state index contributed by atoms with van der Waals surface area (Å²) in [5.74, 6) is -1.44. The highest BCUT2D eigenvalue weighted by atomic mass is 16.5. The average molecular weight is 424 g/mol. The topological polar surface area (TPSA) is 157 Å². The van der Waals surface area contributed by atoms with Gasteiger partial charge >= 0.3 is 7.12 Å². The number of fused-ring (bicyclic) bond motifs is 1. The molecular weight excluding hydrogens is 399 g/mol. The fraction of sp³-hybridized carbons (Fsp3) is 0.286. The molecule has 0 bridgehead atoms. The first-order valence-electron chi connectivity index (χ1n) is 9.86. The number of anilines is 1. The minimum Gasteiger partial charge on any atom is -0.534 e. The van der Waals surface area contributed by atoms with Crippen LogP contribution in [0.1, 0.15) is 38.8 Å². The smallest absolute Gasteiger partial charge is 0.534 e. The Balaban J connectivity index is 1.76. The van der Waals surface area contributed by atoms with E-state index in [2.05, 4.69) is 10.6 Å². The van der Waals surface area contributed by atoms with E-state index < -0.39 is 30.9 Å². The Morgan fingerprint density at radius 1 is 1.29 bits per heavy atom. The molecule has 1 aliphatic heterocycles. The lowest BCUT2D eigenvalue weighted by molar-refractivity contribution is -0.117. The molecule has 0 unspecified atom stereocenters. The normalized spacial score (nSPS) is 16.0. The number of para-hydroxylation sites is 1. The number of aryl methyl sites for hydroxylation is 1. The van der Waals surface area contributed by atoms with Crippen molar-refractivity contribution in [1.29, 1.82) is 0 Å². The summed E-state index contributed by atoms with van der Waals surface area (Å²) in [4.78, 5) is 36.6.